The first-order chi connectivity index (χ1) is 16.5. The maximum Gasteiger partial charge on any atom is 0.325 e. The van der Waals surface area contributed by atoms with Crippen molar-refractivity contribution in [3.8, 4) is 0 Å². The predicted octanol–water partition coefficient (Wildman–Crippen LogP) is 5.11. The van der Waals surface area contributed by atoms with Crippen molar-refractivity contribution in [3.05, 3.63) is 106 Å². The molecule has 0 radical (unpaired) electrons. The van der Waals surface area contributed by atoms with Gasteiger partial charge in [0.1, 0.15) is 6.54 Å². The summed E-state index contributed by atoms with van der Waals surface area (Å²) in [5.74, 6) is -1.19. The van der Waals surface area contributed by atoms with E-state index in [1.807, 2.05) is 73.7 Å². The van der Waals surface area contributed by atoms with Crippen molar-refractivity contribution in [3.63, 3.8) is 0 Å². The fourth-order valence-electron chi connectivity index (χ4n) is 4.32. The van der Waals surface area contributed by atoms with E-state index in [1.54, 1.807) is 0 Å². The van der Waals surface area contributed by atoms with Crippen molar-refractivity contribution < 1.29 is 31.2 Å². The Balaban J connectivity index is 0.00000342. The second-order valence-electron chi connectivity index (χ2n) is 8.51. The molecule has 3 aromatic carbocycles. The molecule has 6 nitrogen and oxygen atoms in total. The van der Waals surface area contributed by atoms with Crippen molar-refractivity contribution in [2.45, 2.75) is 32.4 Å². The number of aliphatic carboxylic acids is 1. The number of carbonyl (C=O) groups excluding carboxylic acids is 1. The van der Waals surface area contributed by atoms with E-state index in [1.165, 1.54) is 5.56 Å². The molecule has 0 aliphatic carbocycles. The van der Waals surface area contributed by atoms with Crippen LogP contribution in [-0.4, -0.2) is 46.7 Å². The van der Waals surface area contributed by atoms with Crippen LogP contribution in [0, 0.1) is 6.92 Å². The number of rotatable bonds is 8. The Morgan fingerprint density at radius 2 is 1.71 bits per heavy atom. The number of likely N-dealkylation sites (tertiary alicyclic amines) is 1. The van der Waals surface area contributed by atoms with Gasteiger partial charge in [-0.1, -0.05) is 84.4 Å². The summed E-state index contributed by atoms with van der Waals surface area (Å²) in [5, 5.41) is 13.8. The van der Waals surface area contributed by atoms with Crippen LogP contribution in [0.1, 0.15) is 35.1 Å². The molecule has 4 rings (SSSR count). The van der Waals surface area contributed by atoms with E-state index >= 15 is 0 Å². The van der Waals surface area contributed by atoms with Gasteiger partial charge in [0.25, 0.3) is 0 Å². The van der Waals surface area contributed by atoms with E-state index in [0.717, 1.165) is 30.5 Å². The standard InChI is InChI=1S/C28H29N3O3.Ni/c1-20-14-15-23(27(29-18-26(32)33)22-11-6-3-7-12-22)24(17-20)30-28(34)25-13-8-16-31(25)19-21-9-4-2-5-10-21;/h2-7,9-12,14-15,17,25H,8,13,16,18-19H2,1H3,(H2,29,30,32,33,34);/p-1/t25-;/m0./s1. The summed E-state index contributed by atoms with van der Waals surface area (Å²) in [6, 6.07) is 24.9. The van der Waals surface area contributed by atoms with Crippen LogP contribution in [-0.2, 0) is 32.6 Å². The molecule has 1 N–H and O–H groups in total. The van der Waals surface area contributed by atoms with Gasteiger partial charge in [-0.15, -0.1) is 5.69 Å². The molecular weight excluding hydrogens is 485 g/mol. The number of carbonyl (C=O) groups is 2. The summed E-state index contributed by atoms with van der Waals surface area (Å²) in [6.45, 7) is 3.15. The Labute approximate surface area is 216 Å². The van der Waals surface area contributed by atoms with Crippen LogP contribution in [0.2, 0.25) is 0 Å². The molecule has 0 bridgehead atoms. The van der Waals surface area contributed by atoms with Crippen molar-refractivity contribution >= 4 is 23.3 Å². The number of amides is 1. The Kier molecular flexibility index (Phi) is 9.35. The fraction of sp³-hybridized carbons (Fsp3) is 0.250. The van der Waals surface area contributed by atoms with Gasteiger partial charge in [0.2, 0.25) is 0 Å². The van der Waals surface area contributed by atoms with Gasteiger partial charge in [0.05, 0.1) is 17.7 Å². The monoisotopic (exact) mass is 512 g/mol. The number of hydrogen-bond acceptors (Lipinski definition) is 4. The number of carboxylic acids is 1. The van der Waals surface area contributed by atoms with Gasteiger partial charge < -0.3 is 15.2 Å². The molecule has 7 heteroatoms. The third-order valence-electron chi connectivity index (χ3n) is 5.94. The summed E-state index contributed by atoms with van der Waals surface area (Å²) in [7, 11) is 0. The maximum atomic E-state index is 13.4. The summed E-state index contributed by atoms with van der Waals surface area (Å²) in [6.07, 6.45) is 1.73. The Hall–Kier alpha value is -3.28. The molecule has 1 heterocycles. The number of nitrogens with zero attached hydrogens (tertiary/aromatic N) is 3. The molecule has 35 heavy (non-hydrogen) atoms. The molecule has 1 fully saturated rings. The summed E-state index contributed by atoms with van der Waals surface area (Å²) < 4.78 is 0. The summed E-state index contributed by atoms with van der Waals surface area (Å²) in [5.41, 5.74) is 4.60. The molecule has 1 atom stereocenters. The third kappa shape index (κ3) is 6.87. The number of benzene rings is 3. The first kappa shape index (κ1) is 26.3. The van der Waals surface area contributed by atoms with E-state index in [4.69, 9.17) is 0 Å². The van der Waals surface area contributed by atoms with Crippen molar-refractivity contribution in [1.29, 1.82) is 0 Å². The van der Waals surface area contributed by atoms with Gasteiger partial charge >= 0.3 is 5.97 Å². The average molecular weight is 513 g/mol. The van der Waals surface area contributed by atoms with Crippen LogP contribution in [0.25, 0.3) is 5.32 Å². The molecule has 0 unspecified atom stereocenters. The largest absolute Gasteiger partial charge is 0.625 e. The fourth-order valence-corrected chi connectivity index (χ4v) is 4.32. The molecule has 1 amide bonds. The predicted molar refractivity (Wildman–Crippen MR) is 134 cm³/mol. The maximum absolute atomic E-state index is 13.4. The number of aryl methyl sites for hydroxylation is 1. The van der Waals surface area contributed by atoms with Gasteiger partial charge in [-0.2, -0.15) is 0 Å². The first-order valence-corrected chi connectivity index (χ1v) is 11.5. The van der Waals surface area contributed by atoms with Crippen molar-refractivity contribution in [2.75, 3.05) is 13.1 Å². The number of aliphatic imine (C=N–C) groups is 1. The van der Waals surface area contributed by atoms with Gasteiger partial charge in [0, 0.05) is 28.6 Å². The molecule has 1 saturated heterocycles. The zero-order chi connectivity index (χ0) is 23.9. The minimum absolute atomic E-state index is 0. The Bertz CT molecular complexity index is 1180. The molecule has 1 aliphatic rings. The van der Waals surface area contributed by atoms with E-state index in [0.29, 0.717) is 23.5 Å². The van der Waals surface area contributed by atoms with Crippen molar-refractivity contribution in [2.24, 2.45) is 4.99 Å². The quantitative estimate of drug-likeness (QED) is 0.335. The van der Waals surface area contributed by atoms with Crippen LogP contribution in [0.3, 0.4) is 0 Å². The smallest absolute Gasteiger partial charge is 0.325 e. The van der Waals surface area contributed by atoms with Gasteiger partial charge in [-0.05, 0) is 37.4 Å². The van der Waals surface area contributed by atoms with E-state index in [9.17, 15) is 14.7 Å². The zero-order valence-corrected chi connectivity index (χ0v) is 20.5. The number of hydrogen-bond donors (Lipinski definition) is 1. The van der Waals surface area contributed by atoms with Gasteiger partial charge in [-0.3, -0.25) is 14.7 Å². The van der Waals surface area contributed by atoms with Crippen LogP contribution in [0.15, 0.2) is 83.9 Å². The van der Waals surface area contributed by atoms with Crippen LogP contribution >= 0.6 is 0 Å². The molecule has 1 aliphatic heterocycles. The SMILES string of the molecule is Cc1ccc(C(=NCC(=O)O)c2ccccc2)c([N-]C(=O)[C@@H]2CCCN2Cc2ccccc2)c1.[Ni]. The normalized spacial score (nSPS) is 15.9. The third-order valence-corrected chi connectivity index (χ3v) is 5.94. The van der Waals surface area contributed by atoms with Crippen LogP contribution < -0.4 is 0 Å². The molecular formula is C28H28N3NiO3-. The molecule has 0 aromatic heterocycles. The second-order valence-corrected chi connectivity index (χ2v) is 8.51. The topological polar surface area (TPSA) is 84.1 Å². The van der Waals surface area contributed by atoms with E-state index in [-0.39, 0.29) is 35.0 Å². The first-order valence-electron chi connectivity index (χ1n) is 11.5. The van der Waals surface area contributed by atoms with Crippen molar-refractivity contribution in [1.82, 2.24) is 4.90 Å². The summed E-state index contributed by atoms with van der Waals surface area (Å²) in [4.78, 5) is 31.2. The molecule has 0 spiro atoms. The van der Waals surface area contributed by atoms with Crippen LogP contribution in [0.5, 0.6) is 0 Å². The van der Waals surface area contributed by atoms with Gasteiger partial charge in [0.15, 0.2) is 0 Å². The molecule has 3 aromatic rings. The van der Waals surface area contributed by atoms with E-state index in [2.05, 4.69) is 27.3 Å². The zero-order valence-electron chi connectivity index (χ0n) is 19.5. The Morgan fingerprint density at radius 3 is 2.40 bits per heavy atom. The summed E-state index contributed by atoms with van der Waals surface area (Å²) >= 11 is 0. The van der Waals surface area contributed by atoms with E-state index < -0.39 is 5.97 Å². The second kappa shape index (κ2) is 12.4. The average Bonchev–Trinajstić information content (AvgIpc) is 3.30. The minimum Gasteiger partial charge on any atom is -0.625 e. The Morgan fingerprint density at radius 1 is 1.03 bits per heavy atom. The van der Waals surface area contributed by atoms with Gasteiger partial charge in [-0.25, -0.2) is 0 Å². The minimum atomic E-state index is -1.02. The molecule has 0 saturated carbocycles. The molecule has 184 valence electrons. The van der Waals surface area contributed by atoms with Crippen LogP contribution in [0.4, 0.5) is 5.69 Å². The number of carboxylic acid groups (broad SMARTS) is 1.